The smallest absolute Gasteiger partial charge is 0.384 e. The Hall–Kier alpha value is -0.800. The second kappa shape index (κ2) is 6.95. The molecule has 0 aliphatic rings. The Morgan fingerprint density at radius 2 is 2.11 bits per heavy atom. The fraction of sp³-hybridized carbons (Fsp3) is 0.333. The number of hydrogen-bond donors (Lipinski definition) is 1. The number of anilines is 1. The highest BCUT2D eigenvalue weighted by molar-refractivity contribution is 9.10. The first-order valence-corrected chi connectivity index (χ1v) is 7.01. The van der Waals surface area contributed by atoms with Gasteiger partial charge < -0.3 is 5.32 Å². The van der Waals surface area contributed by atoms with Gasteiger partial charge >= 0.3 is 6.18 Å². The van der Waals surface area contributed by atoms with Gasteiger partial charge in [-0.05, 0) is 18.2 Å². The lowest BCUT2D eigenvalue weighted by atomic mass is 10.1. The zero-order chi connectivity index (χ0) is 13.6. The Bertz CT molecular complexity index is 440. The van der Waals surface area contributed by atoms with Crippen molar-refractivity contribution in [2.45, 2.75) is 6.18 Å². The zero-order valence-corrected chi connectivity index (χ0v) is 11.8. The molecule has 0 bridgehead atoms. The third-order valence-electron chi connectivity index (χ3n) is 2.03. The van der Waals surface area contributed by atoms with E-state index in [1.165, 1.54) is 17.8 Å². The molecule has 18 heavy (non-hydrogen) atoms. The summed E-state index contributed by atoms with van der Waals surface area (Å²) in [6.07, 6.45) is 0.711. The predicted molar refractivity (Wildman–Crippen MR) is 73.8 cm³/mol. The molecule has 1 aromatic carbocycles. The minimum atomic E-state index is -4.36. The van der Waals surface area contributed by atoms with E-state index in [1.54, 1.807) is 6.07 Å². The van der Waals surface area contributed by atoms with Crippen molar-refractivity contribution in [1.29, 1.82) is 0 Å². The van der Waals surface area contributed by atoms with E-state index in [-0.39, 0.29) is 5.69 Å². The molecule has 0 aliphatic heterocycles. The predicted octanol–water partition coefficient (Wildman–Crippen LogP) is 4.25. The summed E-state index contributed by atoms with van der Waals surface area (Å²) >= 11 is 4.54. The summed E-state index contributed by atoms with van der Waals surface area (Å²) in [5.74, 6) is 3.69. The van der Waals surface area contributed by atoms with Gasteiger partial charge in [0.2, 0.25) is 0 Å². The van der Waals surface area contributed by atoms with E-state index < -0.39 is 11.7 Å². The van der Waals surface area contributed by atoms with E-state index in [9.17, 15) is 13.2 Å². The Kier molecular flexibility index (Phi) is 5.89. The largest absolute Gasteiger partial charge is 0.418 e. The molecule has 1 nitrogen and oxygen atoms in total. The van der Waals surface area contributed by atoms with Gasteiger partial charge in [0, 0.05) is 22.5 Å². The number of alkyl halides is 3. The van der Waals surface area contributed by atoms with Crippen LogP contribution in [-0.2, 0) is 6.18 Å². The van der Waals surface area contributed by atoms with Crippen LogP contribution in [0.2, 0.25) is 0 Å². The van der Waals surface area contributed by atoms with Crippen molar-refractivity contribution in [2.75, 3.05) is 23.4 Å². The van der Waals surface area contributed by atoms with E-state index in [1.807, 2.05) is 0 Å². The van der Waals surface area contributed by atoms with Crippen molar-refractivity contribution in [1.82, 2.24) is 0 Å². The molecule has 0 saturated carbocycles. The molecule has 1 aromatic rings. The topological polar surface area (TPSA) is 12.0 Å². The molecule has 0 fully saturated rings. The molecule has 6 heteroatoms. The molecule has 0 aromatic heterocycles. The van der Waals surface area contributed by atoms with E-state index in [0.29, 0.717) is 22.5 Å². The number of benzene rings is 1. The summed E-state index contributed by atoms with van der Waals surface area (Å²) in [4.78, 5) is 0. The minimum Gasteiger partial charge on any atom is -0.384 e. The standard InChI is InChI=1S/C12H11BrF3NS/c1-2-6-18-7-5-17-11-4-3-9(13)8-10(11)12(14,15)16/h1,3-4,8,17H,5-7H2. The maximum Gasteiger partial charge on any atom is 0.418 e. The van der Waals surface area contributed by atoms with Gasteiger partial charge in [-0.1, -0.05) is 21.9 Å². The molecule has 0 amide bonds. The first kappa shape index (κ1) is 15.3. The van der Waals surface area contributed by atoms with Crippen molar-refractivity contribution >= 4 is 33.4 Å². The van der Waals surface area contributed by atoms with E-state index in [4.69, 9.17) is 6.42 Å². The van der Waals surface area contributed by atoms with Gasteiger partial charge in [-0.3, -0.25) is 0 Å². The average molecular weight is 338 g/mol. The van der Waals surface area contributed by atoms with Crippen LogP contribution in [0.25, 0.3) is 0 Å². The summed E-state index contributed by atoms with van der Waals surface area (Å²) in [5.41, 5.74) is -0.578. The number of halogens is 4. The van der Waals surface area contributed by atoms with Crippen LogP contribution in [-0.4, -0.2) is 18.1 Å². The average Bonchev–Trinajstić information content (AvgIpc) is 2.29. The van der Waals surface area contributed by atoms with Crippen molar-refractivity contribution < 1.29 is 13.2 Å². The van der Waals surface area contributed by atoms with Crippen LogP contribution in [0.3, 0.4) is 0 Å². The first-order valence-electron chi connectivity index (χ1n) is 5.07. The van der Waals surface area contributed by atoms with Crippen LogP contribution in [0, 0.1) is 12.3 Å². The zero-order valence-electron chi connectivity index (χ0n) is 9.35. The van der Waals surface area contributed by atoms with Crippen molar-refractivity contribution in [3.63, 3.8) is 0 Å². The van der Waals surface area contributed by atoms with Crippen molar-refractivity contribution in [3.05, 3.63) is 28.2 Å². The third-order valence-corrected chi connectivity index (χ3v) is 3.39. The monoisotopic (exact) mass is 337 g/mol. The number of terminal acetylenes is 1. The summed E-state index contributed by atoms with van der Waals surface area (Å²) in [7, 11) is 0. The molecular formula is C12H11BrF3NS. The highest BCUT2D eigenvalue weighted by Crippen LogP contribution is 2.36. The molecule has 1 rings (SSSR count). The number of nitrogens with one attached hydrogen (secondary N) is 1. The highest BCUT2D eigenvalue weighted by Gasteiger charge is 2.33. The normalized spacial score (nSPS) is 11.1. The first-order chi connectivity index (χ1) is 8.45. The minimum absolute atomic E-state index is 0.0898. The van der Waals surface area contributed by atoms with Gasteiger partial charge in [-0.25, -0.2) is 0 Å². The molecule has 0 spiro atoms. The van der Waals surface area contributed by atoms with Crippen molar-refractivity contribution in [2.24, 2.45) is 0 Å². The van der Waals surface area contributed by atoms with Gasteiger partial charge in [-0.2, -0.15) is 13.2 Å². The van der Waals surface area contributed by atoms with Crippen LogP contribution in [0.4, 0.5) is 18.9 Å². The maximum atomic E-state index is 12.8. The fourth-order valence-electron chi connectivity index (χ4n) is 1.29. The molecule has 0 atom stereocenters. The summed E-state index contributed by atoms with van der Waals surface area (Å²) < 4.78 is 38.7. The van der Waals surface area contributed by atoms with Gasteiger partial charge in [0.15, 0.2) is 0 Å². The van der Waals surface area contributed by atoms with Gasteiger partial charge in [0.1, 0.15) is 0 Å². The highest BCUT2D eigenvalue weighted by atomic mass is 79.9. The number of thioether (sulfide) groups is 1. The Morgan fingerprint density at radius 1 is 1.39 bits per heavy atom. The van der Waals surface area contributed by atoms with Gasteiger partial charge in [0.05, 0.1) is 11.3 Å². The quantitative estimate of drug-likeness (QED) is 0.636. The van der Waals surface area contributed by atoms with Crippen LogP contribution in [0.1, 0.15) is 5.56 Å². The molecule has 0 unspecified atom stereocenters. The molecule has 98 valence electrons. The molecule has 0 aliphatic carbocycles. The van der Waals surface area contributed by atoms with Crippen LogP contribution >= 0.6 is 27.7 Å². The number of rotatable bonds is 5. The lowest BCUT2D eigenvalue weighted by Crippen LogP contribution is -2.12. The molecular weight excluding hydrogens is 327 g/mol. The molecule has 0 radical (unpaired) electrons. The van der Waals surface area contributed by atoms with Crippen LogP contribution in [0.5, 0.6) is 0 Å². The molecule has 0 heterocycles. The Labute approximate surface area is 117 Å². The Morgan fingerprint density at radius 3 is 2.72 bits per heavy atom. The summed E-state index contributed by atoms with van der Waals surface area (Å²) in [6, 6.07) is 4.06. The fourth-order valence-corrected chi connectivity index (χ4v) is 2.16. The second-order valence-electron chi connectivity index (χ2n) is 3.37. The third kappa shape index (κ3) is 4.83. The van der Waals surface area contributed by atoms with E-state index in [2.05, 4.69) is 27.2 Å². The van der Waals surface area contributed by atoms with Gasteiger partial charge in [0.25, 0.3) is 0 Å². The lowest BCUT2D eigenvalue weighted by Gasteiger charge is -2.14. The summed E-state index contributed by atoms with van der Waals surface area (Å²) in [5, 5.41) is 2.78. The maximum absolute atomic E-state index is 12.8. The lowest BCUT2D eigenvalue weighted by molar-refractivity contribution is -0.137. The van der Waals surface area contributed by atoms with Crippen molar-refractivity contribution in [3.8, 4) is 12.3 Å². The summed E-state index contributed by atoms with van der Waals surface area (Å²) in [6.45, 7) is 0.442. The van der Waals surface area contributed by atoms with Gasteiger partial charge in [-0.15, -0.1) is 18.2 Å². The van der Waals surface area contributed by atoms with Crippen LogP contribution in [0.15, 0.2) is 22.7 Å². The van der Waals surface area contributed by atoms with E-state index in [0.717, 1.165) is 6.07 Å². The molecule has 1 N–H and O–H groups in total. The number of hydrogen-bond acceptors (Lipinski definition) is 2. The Balaban J connectivity index is 2.68. The second-order valence-corrected chi connectivity index (χ2v) is 5.39. The SMILES string of the molecule is C#CCSCCNc1ccc(Br)cc1C(F)(F)F. The van der Waals surface area contributed by atoms with Crippen LogP contribution < -0.4 is 5.32 Å². The van der Waals surface area contributed by atoms with E-state index >= 15 is 0 Å². The molecule has 0 saturated heterocycles.